The minimum absolute atomic E-state index is 0.318. The van der Waals surface area contributed by atoms with Crippen LogP contribution < -0.4 is 5.32 Å². The summed E-state index contributed by atoms with van der Waals surface area (Å²) in [5.74, 6) is 0.480. The molecule has 0 aromatic carbocycles. The fourth-order valence-corrected chi connectivity index (χ4v) is 3.27. The topological polar surface area (TPSA) is 68.5 Å². The lowest BCUT2D eigenvalue weighted by Crippen LogP contribution is -2.23. The maximum Gasteiger partial charge on any atom is 0.311 e. The first-order chi connectivity index (χ1) is 11.7. The van der Waals surface area contributed by atoms with Gasteiger partial charge < -0.3 is 9.88 Å². The van der Waals surface area contributed by atoms with Crippen molar-refractivity contribution >= 4 is 16.9 Å². The molecule has 124 valence electrons. The van der Waals surface area contributed by atoms with E-state index in [0.29, 0.717) is 22.9 Å². The van der Waals surface area contributed by atoms with Crippen LogP contribution in [0.5, 0.6) is 0 Å². The van der Waals surface area contributed by atoms with Crippen molar-refractivity contribution in [1.82, 2.24) is 24.5 Å². The van der Waals surface area contributed by atoms with Crippen LogP contribution in [0, 0.1) is 6.08 Å². The van der Waals surface area contributed by atoms with Gasteiger partial charge in [0, 0.05) is 13.1 Å². The first-order valence-electron chi connectivity index (χ1n) is 8.28. The zero-order chi connectivity index (χ0) is 16.5. The number of pyridine rings is 1. The monoisotopic (exact) mass is 326 g/mol. The van der Waals surface area contributed by atoms with Crippen molar-refractivity contribution < 1.29 is 4.39 Å². The Morgan fingerprint density at radius 3 is 2.71 bits per heavy atom. The van der Waals surface area contributed by atoms with E-state index in [1.807, 2.05) is 17.7 Å². The van der Waals surface area contributed by atoms with Crippen LogP contribution in [0.2, 0.25) is 0 Å². The minimum Gasteiger partial charge on any atom is -0.365 e. The number of fused-ring (bicyclic) bond motifs is 1. The minimum atomic E-state index is -0.726. The molecule has 3 heterocycles. The maximum absolute atomic E-state index is 13.8. The van der Waals surface area contributed by atoms with Crippen LogP contribution in [0.15, 0.2) is 24.7 Å². The molecule has 0 atom stereocenters. The van der Waals surface area contributed by atoms with Crippen LogP contribution in [0.4, 0.5) is 10.2 Å². The average Bonchev–Trinajstić information content (AvgIpc) is 3.01. The molecule has 1 fully saturated rings. The smallest absolute Gasteiger partial charge is 0.311 e. The van der Waals surface area contributed by atoms with Crippen LogP contribution in [-0.4, -0.2) is 30.5 Å². The van der Waals surface area contributed by atoms with E-state index in [0.717, 1.165) is 24.2 Å². The van der Waals surface area contributed by atoms with E-state index in [9.17, 15) is 4.39 Å². The predicted molar refractivity (Wildman–Crippen MR) is 90.0 cm³/mol. The van der Waals surface area contributed by atoms with Crippen LogP contribution in [-0.2, 0) is 7.05 Å². The number of hydrogen-bond acceptors (Lipinski definition) is 5. The average molecular weight is 326 g/mol. The van der Waals surface area contributed by atoms with Gasteiger partial charge in [0.2, 0.25) is 0 Å². The Bertz CT molecular complexity index is 869. The molecular weight excluding hydrogens is 307 g/mol. The molecular formula is C17H19FN6. The van der Waals surface area contributed by atoms with Gasteiger partial charge in [0.1, 0.15) is 5.52 Å². The SMILES string of the molecule is Cn1cncc1-c1ccc2nc(F)nc(NC3CCCCC3)c2n1. The highest BCUT2D eigenvalue weighted by atomic mass is 19.1. The van der Waals surface area contributed by atoms with Gasteiger partial charge in [0.15, 0.2) is 5.82 Å². The summed E-state index contributed by atoms with van der Waals surface area (Å²) in [5, 5.41) is 3.38. The van der Waals surface area contributed by atoms with Gasteiger partial charge in [-0.15, -0.1) is 0 Å². The van der Waals surface area contributed by atoms with E-state index >= 15 is 0 Å². The fraction of sp³-hybridized carbons (Fsp3) is 0.412. The molecule has 0 spiro atoms. The summed E-state index contributed by atoms with van der Waals surface area (Å²) >= 11 is 0. The van der Waals surface area contributed by atoms with Crippen molar-refractivity contribution in [3.05, 3.63) is 30.7 Å². The van der Waals surface area contributed by atoms with Crippen molar-refractivity contribution in [3.8, 4) is 11.4 Å². The van der Waals surface area contributed by atoms with Gasteiger partial charge in [-0.2, -0.15) is 9.37 Å². The van der Waals surface area contributed by atoms with Crippen LogP contribution in [0.25, 0.3) is 22.4 Å². The van der Waals surface area contributed by atoms with Gasteiger partial charge in [-0.25, -0.2) is 15.0 Å². The zero-order valence-corrected chi connectivity index (χ0v) is 13.5. The summed E-state index contributed by atoms with van der Waals surface area (Å²) in [4.78, 5) is 16.6. The Hall–Kier alpha value is -2.57. The summed E-state index contributed by atoms with van der Waals surface area (Å²) in [6.07, 6.45) is 8.56. The Morgan fingerprint density at radius 1 is 1.12 bits per heavy atom. The molecule has 6 nitrogen and oxygen atoms in total. The van der Waals surface area contributed by atoms with E-state index in [2.05, 4.69) is 25.3 Å². The lowest BCUT2D eigenvalue weighted by molar-refractivity contribution is 0.460. The van der Waals surface area contributed by atoms with Gasteiger partial charge in [-0.05, 0) is 25.0 Å². The van der Waals surface area contributed by atoms with Crippen LogP contribution >= 0.6 is 0 Å². The molecule has 1 saturated carbocycles. The molecule has 24 heavy (non-hydrogen) atoms. The quantitative estimate of drug-likeness (QED) is 0.748. The maximum atomic E-state index is 13.8. The van der Waals surface area contributed by atoms with Crippen molar-refractivity contribution in [2.45, 2.75) is 38.1 Å². The molecule has 3 aromatic heterocycles. The summed E-state index contributed by atoms with van der Waals surface area (Å²) in [7, 11) is 1.91. The molecule has 1 N–H and O–H groups in total. The molecule has 0 aliphatic heterocycles. The van der Waals surface area contributed by atoms with Crippen molar-refractivity contribution in [3.63, 3.8) is 0 Å². The van der Waals surface area contributed by atoms with E-state index in [1.165, 1.54) is 19.3 Å². The Labute approximate surface area is 139 Å². The van der Waals surface area contributed by atoms with Crippen molar-refractivity contribution in [2.75, 3.05) is 5.32 Å². The molecule has 0 unspecified atom stereocenters. The third-order valence-electron chi connectivity index (χ3n) is 4.54. The fourth-order valence-electron chi connectivity index (χ4n) is 3.27. The first-order valence-corrected chi connectivity index (χ1v) is 8.28. The number of halogens is 1. The number of nitrogens with zero attached hydrogens (tertiary/aromatic N) is 5. The number of aryl methyl sites for hydroxylation is 1. The highest BCUT2D eigenvalue weighted by molar-refractivity contribution is 5.86. The Morgan fingerprint density at radius 2 is 1.96 bits per heavy atom. The van der Waals surface area contributed by atoms with E-state index in [1.54, 1.807) is 18.6 Å². The highest BCUT2D eigenvalue weighted by Crippen LogP contribution is 2.26. The molecule has 0 bridgehead atoms. The molecule has 1 aliphatic rings. The number of imidazole rings is 1. The largest absolute Gasteiger partial charge is 0.365 e. The van der Waals surface area contributed by atoms with Crippen LogP contribution in [0.1, 0.15) is 32.1 Å². The number of nitrogens with one attached hydrogen (secondary N) is 1. The zero-order valence-electron chi connectivity index (χ0n) is 13.5. The van der Waals surface area contributed by atoms with Gasteiger partial charge in [-0.1, -0.05) is 19.3 Å². The lowest BCUT2D eigenvalue weighted by Gasteiger charge is -2.23. The van der Waals surface area contributed by atoms with E-state index in [-0.39, 0.29) is 0 Å². The van der Waals surface area contributed by atoms with Gasteiger partial charge in [-0.3, -0.25) is 0 Å². The lowest BCUT2D eigenvalue weighted by atomic mass is 9.95. The molecule has 7 heteroatoms. The number of anilines is 1. The van der Waals surface area contributed by atoms with Crippen molar-refractivity contribution in [1.29, 1.82) is 0 Å². The van der Waals surface area contributed by atoms with Crippen molar-refractivity contribution in [2.24, 2.45) is 7.05 Å². The summed E-state index contributed by atoms with van der Waals surface area (Å²) in [6.45, 7) is 0. The first kappa shape index (κ1) is 15.0. The molecule has 4 rings (SSSR count). The molecule has 1 aliphatic carbocycles. The van der Waals surface area contributed by atoms with Crippen LogP contribution in [0.3, 0.4) is 0 Å². The number of hydrogen-bond donors (Lipinski definition) is 1. The molecule has 3 aromatic rings. The standard InChI is InChI=1S/C17H19FN6/c1-24-10-19-9-14(24)12-7-8-13-15(21-12)16(23-17(18)22-13)20-11-5-3-2-4-6-11/h7-11H,2-6H2,1H3,(H,20,22,23). The third-order valence-corrected chi connectivity index (χ3v) is 4.54. The second kappa shape index (κ2) is 6.14. The number of rotatable bonds is 3. The summed E-state index contributed by atoms with van der Waals surface area (Å²) < 4.78 is 15.7. The Balaban J connectivity index is 1.77. The number of aromatic nitrogens is 5. The third kappa shape index (κ3) is 2.81. The van der Waals surface area contributed by atoms with E-state index in [4.69, 9.17) is 0 Å². The second-order valence-electron chi connectivity index (χ2n) is 6.27. The molecule has 0 saturated heterocycles. The predicted octanol–water partition coefficient (Wildman–Crippen LogP) is 3.31. The van der Waals surface area contributed by atoms with Gasteiger partial charge >= 0.3 is 6.08 Å². The summed E-state index contributed by atoms with van der Waals surface area (Å²) in [5.41, 5.74) is 2.77. The van der Waals surface area contributed by atoms with Gasteiger partial charge in [0.05, 0.1) is 29.4 Å². The Kier molecular flexibility index (Phi) is 3.84. The summed E-state index contributed by atoms with van der Waals surface area (Å²) in [6, 6.07) is 3.93. The van der Waals surface area contributed by atoms with Gasteiger partial charge in [0.25, 0.3) is 0 Å². The molecule has 0 amide bonds. The highest BCUT2D eigenvalue weighted by Gasteiger charge is 2.17. The van der Waals surface area contributed by atoms with E-state index < -0.39 is 6.08 Å². The molecule has 0 radical (unpaired) electrons. The second-order valence-corrected chi connectivity index (χ2v) is 6.27. The normalized spacial score (nSPS) is 15.8.